The first kappa shape index (κ1) is 5.43. The van der Waals surface area contributed by atoms with Gasteiger partial charge in [0.25, 0.3) is 0 Å². The quantitative estimate of drug-likeness (QED) is 0.496. The van der Waals surface area contributed by atoms with Gasteiger partial charge in [-0.3, -0.25) is 4.79 Å². The molecule has 0 fully saturated rings. The molecule has 0 aliphatic carbocycles. The summed E-state index contributed by atoms with van der Waals surface area (Å²) in [5.41, 5.74) is 2.07. The SMILES string of the molecule is CC1=NNC(=O)S1=O. The average Bonchev–Trinajstić information content (AvgIpc) is 1.98. The van der Waals surface area contributed by atoms with Crippen LogP contribution < -0.4 is 5.43 Å². The van der Waals surface area contributed by atoms with E-state index in [0.29, 0.717) is 5.04 Å². The summed E-state index contributed by atoms with van der Waals surface area (Å²) in [6, 6.07) is 0. The average molecular weight is 132 g/mol. The van der Waals surface area contributed by atoms with E-state index in [1.54, 1.807) is 0 Å². The van der Waals surface area contributed by atoms with E-state index in [4.69, 9.17) is 0 Å². The molecule has 0 bridgehead atoms. The van der Waals surface area contributed by atoms with Crippen molar-refractivity contribution in [2.24, 2.45) is 5.10 Å². The number of amides is 1. The maximum atomic E-state index is 10.5. The van der Waals surface area contributed by atoms with Crippen molar-refractivity contribution in [1.82, 2.24) is 5.43 Å². The molecule has 0 aromatic carbocycles. The highest BCUT2D eigenvalue weighted by molar-refractivity contribution is 8.13. The number of rotatable bonds is 0. The van der Waals surface area contributed by atoms with E-state index in [2.05, 4.69) is 10.5 Å². The molecule has 1 unspecified atom stereocenters. The second kappa shape index (κ2) is 1.66. The first-order chi connectivity index (χ1) is 3.72. The van der Waals surface area contributed by atoms with Crippen LogP contribution in [0.25, 0.3) is 0 Å². The summed E-state index contributed by atoms with van der Waals surface area (Å²) in [6.07, 6.45) is 0. The molecule has 1 heterocycles. The first-order valence-electron chi connectivity index (χ1n) is 1.98. The zero-order valence-electron chi connectivity index (χ0n) is 4.17. The fourth-order valence-electron chi connectivity index (χ4n) is 0.341. The molecule has 44 valence electrons. The molecule has 4 nitrogen and oxygen atoms in total. The van der Waals surface area contributed by atoms with Crippen LogP contribution in [-0.4, -0.2) is 14.5 Å². The second-order valence-electron chi connectivity index (χ2n) is 1.30. The van der Waals surface area contributed by atoms with Gasteiger partial charge >= 0.3 is 5.24 Å². The van der Waals surface area contributed by atoms with Crippen LogP contribution in [0.4, 0.5) is 4.79 Å². The fourth-order valence-corrected chi connectivity index (χ4v) is 0.867. The number of carbonyl (C=O) groups excluding carboxylic acids is 1. The highest BCUT2D eigenvalue weighted by atomic mass is 32.2. The molecular weight excluding hydrogens is 128 g/mol. The summed E-state index contributed by atoms with van der Waals surface area (Å²) in [5, 5.41) is 3.23. The summed E-state index contributed by atoms with van der Waals surface area (Å²) in [6.45, 7) is 1.54. The van der Waals surface area contributed by atoms with E-state index in [0.717, 1.165) is 0 Å². The third-order valence-electron chi connectivity index (χ3n) is 0.741. The fraction of sp³-hybridized carbons (Fsp3) is 0.333. The Balaban J connectivity index is 2.89. The largest absolute Gasteiger partial charge is 0.335 e. The standard InChI is InChI=1S/C3H4N2O2S/c1-2-4-5-3(6)8(2)7/h1H3,(H,5,6). The number of hydrazone groups is 1. The van der Waals surface area contributed by atoms with Crippen molar-refractivity contribution < 1.29 is 9.00 Å². The number of nitrogens with one attached hydrogen (secondary N) is 1. The van der Waals surface area contributed by atoms with E-state index < -0.39 is 16.0 Å². The van der Waals surface area contributed by atoms with Crippen molar-refractivity contribution in [3.63, 3.8) is 0 Å². The molecule has 1 amide bonds. The molecule has 1 atom stereocenters. The Morgan fingerprint density at radius 2 is 2.38 bits per heavy atom. The lowest BCUT2D eigenvalue weighted by Crippen LogP contribution is -2.12. The third-order valence-corrected chi connectivity index (χ3v) is 1.80. The molecule has 0 saturated heterocycles. The molecule has 0 radical (unpaired) electrons. The molecule has 1 aliphatic heterocycles. The minimum absolute atomic E-state index is 0.343. The van der Waals surface area contributed by atoms with Gasteiger partial charge in [-0.15, -0.1) is 0 Å². The smallest absolute Gasteiger partial charge is 0.257 e. The van der Waals surface area contributed by atoms with Crippen LogP contribution in [0.15, 0.2) is 5.10 Å². The minimum atomic E-state index is -1.51. The van der Waals surface area contributed by atoms with Crippen molar-refractivity contribution in [2.45, 2.75) is 6.92 Å². The molecule has 8 heavy (non-hydrogen) atoms. The zero-order chi connectivity index (χ0) is 6.15. The number of hydrogen-bond donors (Lipinski definition) is 1. The highest BCUT2D eigenvalue weighted by Gasteiger charge is 2.20. The lowest BCUT2D eigenvalue weighted by Gasteiger charge is -1.78. The predicted octanol–water partition coefficient (Wildman–Crippen LogP) is -0.208. The number of hydrogen-bond acceptors (Lipinski definition) is 3. The van der Waals surface area contributed by atoms with Crippen LogP contribution >= 0.6 is 0 Å². The minimum Gasteiger partial charge on any atom is -0.257 e. The summed E-state index contributed by atoms with van der Waals surface area (Å²) in [5.74, 6) is 0. The second-order valence-corrected chi connectivity index (χ2v) is 2.80. The van der Waals surface area contributed by atoms with Crippen LogP contribution in [0.1, 0.15) is 6.92 Å². The van der Waals surface area contributed by atoms with Gasteiger partial charge in [-0.1, -0.05) is 0 Å². The van der Waals surface area contributed by atoms with Gasteiger partial charge in [-0.25, -0.2) is 9.63 Å². The molecule has 1 rings (SSSR count). The molecule has 0 aromatic heterocycles. The van der Waals surface area contributed by atoms with Gasteiger partial charge in [0, 0.05) is 0 Å². The van der Waals surface area contributed by atoms with E-state index in [9.17, 15) is 9.00 Å². The molecule has 0 saturated carbocycles. The van der Waals surface area contributed by atoms with E-state index >= 15 is 0 Å². The zero-order valence-corrected chi connectivity index (χ0v) is 4.99. The molecular formula is C3H4N2O2S. The Morgan fingerprint density at radius 3 is 2.50 bits per heavy atom. The van der Waals surface area contributed by atoms with E-state index in [1.807, 2.05) is 0 Å². The Morgan fingerprint density at radius 1 is 1.75 bits per heavy atom. The van der Waals surface area contributed by atoms with Crippen molar-refractivity contribution in [1.29, 1.82) is 0 Å². The Labute approximate surface area is 48.4 Å². The molecule has 1 aliphatic rings. The van der Waals surface area contributed by atoms with Gasteiger partial charge in [0.05, 0.1) is 0 Å². The molecule has 5 heteroatoms. The number of nitrogens with zero attached hydrogens (tertiary/aromatic N) is 1. The van der Waals surface area contributed by atoms with Crippen LogP contribution in [0.2, 0.25) is 0 Å². The van der Waals surface area contributed by atoms with Gasteiger partial charge in [-0.2, -0.15) is 5.10 Å². The van der Waals surface area contributed by atoms with Crippen LogP contribution in [-0.2, 0) is 10.8 Å². The lowest BCUT2D eigenvalue weighted by atomic mass is 10.9. The van der Waals surface area contributed by atoms with Gasteiger partial charge in [0.1, 0.15) is 5.04 Å². The van der Waals surface area contributed by atoms with Gasteiger partial charge in [0.2, 0.25) is 0 Å². The van der Waals surface area contributed by atoms with Gasteiger partial charge in [0.15, 0.2) is 10.8 Å². The van der Waals surface area contributed by atoms with Crippen LogP contribution in [0.3, 0.4) is 0 Å². The summed E-state index contributed by atoms with van der Waals surface area (Å²) in [7, 11) is -1.51. The van der Waals surface area contributed by atoms with Crippen LogP contribution in [0, 0.1) is 0 Å². The van der Waals surface area contributed by atoms with Crippen LogP contribution in [0.5, 0.6) is 0 Å². The molecule has 0 aromatic rings. The van der Waals surface area contributed by atoms with E-state index in [-0.39, 0.29) is 0 Å². The summed E-state index contributed by atoms with van der Waals surface area (Å²) < 4.78 is 10.5. The van der Waals surface area contributed by atoms with Crippen molar-refractivity contribution in [2.75, 3.05) is 0 Å². The molecule has 1 N–H and O–H groups in total. The topological polar surface area (TPSA) is 58.5 Å². The van der Waals surface area contributed by atoms with Crippen molar-refractivity contribution in [3.05, 3.63) is 0 Å². The van der Waals surface area contributed by atoms with Crippen molar-refractivity contribution >= 4 is 21.1 Å². The van der Waals surface area contributed by atoms with Crippen molar-refractivity contribution in [3.8, 4) is 0 Å². The highest BCUT2D eigenvalue weighted by Crippen LogP contribution is 1.95. The summed E-state index contributed by atoms with van der Waals surface area (Å²) in [4.78, 5) is 10.3. The number of carbonyl (C=O) groups is 1. The Kier molecular flexibility index (Phi) is 1.13. The normalized spacial score (nSPS) is 27.4. The maximum absolute atomic E-state index is 10.5. The Hall–Kier alpha value is -0.710. The third kappa shape index (κ3) is 0.645. The lowest BCUT2D eigenvalue weighted by molar-refractivity contribution is 0.261. The predicted molar refractivity (Wildman–Crippen MR) is 29.8 cm³/mol. The Bertz CT molecular complexity index is 186. The van der Waals surface area contributed by atoms with Gasteiger partial charge < -0.3 is 0 Å². The summed E-state index contributed by atoms with van der Waals surface area (Å²) >= 11 is 0. The monoisotopic (exact) mass is 132 g/mol. The molecule has 0 spiro atoms. The first-order valence-corrected chi connectivity index (χ1v) is 3.13. The maximum Gasteiger partial charge on any atom is 0.335 e. The van der Waals surface area contributed by atoms with Gasteiger partial charge in [-0.05, 0) is 6.92 Å². The van der Waals surface area contributed by atoms with E-state index in [1.165, 1.54) is 6.92 Å².